The van der Waals surface area contributed by atoms with Gasteiger partial charge in [0.2, 0.25) is 11.8 Å². The number of piperidine rings is 4. The predicted octanol–water partition coefficient (Wildman–Crippen LogP) is 5.42. The summed E-state index contributed by atoms with van der Waals surface area (Å²) in [7, 11) is 0. The Hall–Kier alpha value is -5.01. The second kappa shape index (κ2) is 17.6. The van der Waals surface area contributed by atoms with Gasteiger partial charge in [-0.1, -0.05) is 24.3 Å². The van der Waals surface area contributed by atoms with Crippen molar-refractivity contribution >= 4 is 46.0 Å². The molecule has 290 valence electrons. The van der Waals surface area contributed by atoms with Crippen LogP contribution in [0.4, 0.5) is 12.0 Å². The summed E-state index contributed by atoms with van der Waals surface area (Å²) in [5, 5.41) is 9.88. The van der Waals surface area contributed by atoms with Crippen molar-refractivity contribution in [2.75, 3.05) is 49.1 Å². The van der Waals surface area contributed by atoms with Gasteiger partial charge in [-0.15, -0.1) is 0 Å². The maximum atomic E-state index is 13.2. The third-order valence-corrected chi connectivity index (χ3v) is 11.4. The Labute approximate surface area is 322 Å². The molecule has 0 spiro atoms. The lowest BCUT2D eigenvalue weighted by Crippen LogP contribution is -2.53. The summed E-state index contributed by atoms with van der Waals surface area (Å²) >= 11 is 0. The van der Waals surface area contributed by atoms with Crippen molar-refractivity contribution in [3.63, 3.8) is 0 Å². The molecule has 3 aromatic heterocycles. The Morgan fingerprint density at radius 2 is 1.15 bits per heavy atom. The molecule has 2 aromatic carbocycles. The second-order valence-corrected chi connectivity index (χ2v) is 15.3. The number of para-hydroxylation sites is 4. The van der Waals surface area contributed by atoms with Crippen LogP contribution in [-0.4, -0.2) is 95.1 Å². The van der Waals surface area contributed by atoms with E-state index in [1.807, 2.05) is 65.8 Å². The number of hydrogen-bond acceptors (Lipinski definition) is 11. The lowest BCUT2D eigenvalue weighted by molar-refractivity contribution is -0.124. The highest BCUT2D eigenvalue weighted by Gasteiger charge is 2.35. The third-order valence-electron chi connectivity index (χ3n) is 11.4. The van der Waals surface area contributed by atoms with E-state index in [0.717, 1.165) is 132 Å². The van der Waals surface area contributed by atoms with Crippen LogP contribution in [0.15, 0.2) is 81.9 Å². The van der Waals surface area contributed by atoms with Gasteiger partial charge in [0.1, 0.15) is 23.1 Å². The Morgan fingerprint density at radius 1 is 0.636 bits per heavy atom. The smallest absolute Gasteiger partial charge is 0.299 e. The van der Waals surface area contributed by atoms with E-state index in [4.69, 9.17) is 8.83 Å². The zero-order valence-corrected chi connectivity index (χ0v) is 31.6. The third kappa shape index (κ3) is 9.11. The van der Waals surface area contributed by atoms with E-state index in [1.54, 1.807) is 0 Å². The first kappa shape index (κ1) is 36.9. The molecule has 4 saturated heterocycles. The second-order valence-electron chi connectivity index (χ2n) is 15.3. The number of likely N-dealkylation sites (tertiary alicyclic amines) is 1. The van der Waals surface area contributed by atoms with Crippen molar-refractivity contribution in [3.05, 3.63) is 78.6 Å². The van der Waals surface area contributed by atoms with E-state index in [1.165, 1.54) is 5.56 Å². The van der Waals surface area contributed by atoms with Gasteiger partial charge in [0.25, 0.3) is 12.0 Å². The maximum Gasteiger partial charge on any atom is 0.299 e. The number of carbonyl (C=O) groups is 2. The number of anilines is 2. The lowest BCUT2D eigenvalue weighted by atomic mass is 9.99. The van der Waals surface area contributed by atoms with Gasteiger partial charge in [-0.05, 0) is 119 Å². The number of benzene rings is 2. The van der Waals surface area contributed by atoms with Gasteiger partial charge in [-0.3, -0.25) is 19.5 Å². The maximum absolute atomic E-state index is 13.2. The minimum atomic E-state index is -0.211. The molecule has 2 atom stereocenters. The first-order chi connectivity index (χ1) is 27.1. The predicted molar refractivity (Wildman–Crippen MR) is 213 cm³/mol. The number of fused-ring (bicyclic) bond motifs is 2. The number of aromatic nitrogens is 3. The molecule has 0 radical (unpaired) electrons. The highest BCUT2D eigenvalue weighted by atomic mass is 16.4. The van der Waals surface area contributed by atoms with E-state index in [9.17, 15) is 9.59 Å². The van der Waals surface area contributed by atoms with E-state index in [0.29, 0.717) is 12.0 Å². The Balaban J connectivity index is 0.000000160. The van der Waals surface area contributed by atoms with Gasteiger partial charge >= 0.3 is 0 Å². The molecule has 3 N–H and O–H groups in total. The fourth-order valence-electron chi connectivity index (χ4n) is 8.37. The highest BCUT2D eigenvalue weighted by Crippen LogP contribution is 2.30. The topological polar surface area (TPSA) is 145 Å². The fraction of sp³-hybridized carbons (Fsp3) is 0.500. The van der Waals surface area contributed by atoms with E-state index < -0.39 is 0 Å². The molecule has 4 aliphatic rings. The molecule has 0 unspecified atom stereocenters. The highest BCUT2D eigenvalue weighted by molar-refractivity contribution is 5.86. The normalized spacial score (nSPS) is 21.6. The van der Waals surface area contributed by atoms with Crippen LogP contribution in [0.2, 0.25) is 0 Å². The Bertz CT molecular complexity index is 1940. The number of pyridine rings is 1. The van der Waals surface area contributed by atoms with Crippen LogP contribution in [0, 0.1) is 0 Å². The number of rotatable bonds is 8. The summed E-state index contributed by atoms with van der Waals surface area (Å²) in [5.41, 5.74) is 4.51. The van der Waals surface area contributed by atoms with Crippen LogP contribution in [0.25, 0.3) is 22.2 Å². The molecule has 2 amide bonds. The summed E-state index contributed by atoms with van der Waals surface area (Å²) in [6.07, 6.45) is 13.6. The number of nitrogens with one attached hydrogen (secondary N) is 3. The first-order valence-corrected chi connectivity index (χ1v) is 20.2. The monoisotopic (exact) mass is 747 g/mol. The molecule has 5 aromatic rings. The van der Waals surface area contributed by atoms with Crippen LogP contribution in [0.3, 0.4) is 0 Å². The molecule has 13 heteroatoms. The molecular formula is C42H53N9O4. The van der Waals surface area contributed by atoms with Gasteiger partial charge in [-0.25, -0.2) is 0 Å². The van der Waals surface area contributed by atoms with Crippen molar-refractivity contribution in [2.45, 2.75) is 94.9 Å². The molecule has 55 heavy (non-hydrogen) atoms. The van der Waals surface area contributed by atoms with Crippen molar-refractivity contribution < 1.29 is 18.4 Å². The first-order valence-electron chi connectivity index (χ1n) is 20.2. The average Bonchev–Trinajstić information content (AvgIpc) is 3.88. The van der Waals surface area contributed by atoms with E-state index in [2.05, 4.69) is 52.8 Å². The molecule has 0 saturated carbocycles. The number of carbonyl (C=O) groups excluding carboxylic acids is 2. The zero-order valence-electron chi connectivity index (χ0n) is 31.6. The average molecular weight is 748 g/mol. The van der Waals surface area contributed by atoms with Crippen molar-refractivity contribution in [3.8, 4) is 0 Å². The lowest BCUT2D eigenvalue weighted by Gasteiger charge is -2.36. The summed E-state index contributed by atoms with van der Waals surface area (Å²) in [4.78, 5) is 45.9. The molecule has 0 aliphatic carbocycles. The summed E-state index contributed by atoms with van der Waals surface area (Å²) in [6, 6.07) is 20.9. The molecule has 13 nitrogen and oxygen atoms in total. The van der Waals surface area contributed by atoms with Crippen LogP contribution < -0.4 is 25.8 Å². The van der Waals surface area contributed by atoms with Crippen LogP contribution in [0.5, 0.6) is 0 Å². The standard InChI is InChI=1S/C24H29N5O2.C18H24N4O2/c30-23(26-19-10-15-28(16-11-19)17-18-8-12-25-13-9-18)21-6-3-4-14-29(21)24-27-20-5-1-2-7-22(20)31-24;23-17(20-13-8-10-19-11-9-13)15-6-3-4-12-22(15)18-21-14-5-1-2-7-16(14)24-18/h1-2,5,7-9,12-13,19,21H,3-4,6,10-11,14-17H2,(H,26,30);1-2,5,7,13,15,19H,3-4,6,8-12H2,(H,20,23)/t21-;15-/m00/s1. The van der Waals surface area contributed by atoms with Crippen molar-refractivity contribution in [1.29, 1.82) is 0 Å². The SMILES string of the molecule is O=C(NC1CCN(Cc2ccncc2)CC1)[C@@H]1CCCCN1c1nc2ccccc2o1.O=C(NC1CCNCC1)[C@@H]1CCCCN1c1nc2ccccc2o1. The quantitative estimate of drug-likeness (QED) is 0.187. The van der Waals surface area contributed by atoms with E-state index in [-0.39, 0.29) is 36.0 Å². The van der Waals surface area contributed by atoms with Crippen molar-refractivity contribution in [1.82, 2.24) is 35.8 Å². The molecule has 4 aliphatic heterocycles. The van der Waals surface area contributed by atoms with Gasteiger partial charge in [0, 0.05) is 57.2 Å². The number of hydrogen-bond donors (Lipinski definition) is 3. The summed E-state index contributed by atoms with van der Waals surface area (Å²) < 4.78 is 11.9. The molecule has 7 heterocycles. The number of oxazole rings is 2. The Kier molecular flexibility index (Phi) is 11.8. The van der Waals surface area contributed by atoms with E-state index >= 15 is 0 Å². The molecular weight excluding hydrogens is 695 g/mol. The molecule has 4 fully saturated rings. The zero-order chi connectivity index (χ0) is 37.4. The largest absolute Gasteiger partial charge is 0.423 e. The molecule has 9 rings (SSSR count). The van der Waals surface area contributed by atoms with Crippen molar-refractivity contribution in [2.24, 2.45) is 0 Å². The van der Waals surface area contributed by atoms with Crippen LogP contribution in [0.1, 0.15) is 69.8 Å². The minimum Gasteiger partial charge on any atom is -0.423 e. The summed E-state index contributed by atoms with van der Waals surface area (Å²) in [5.74, 6) is 0.221. The minimum absolute atomic E-state index is 0.106. The Morgan fingerprint density at radius 3 is 1.67 bits per heavy atom. The molecule has 0 bridgehead atoms. The summed E-state index contributed by atoms with van der Waals surface area (Å²) in [6.45, 7) is 6.50. The van der Waals surface area contributed by atoms with Gasteiger partial charge in [-0.2, -0.15) is 9.97 Å². The number of amides is 2. The van der Waals surface area contributed by atoms with Crippen LogP contribution >= 0.6 is 0 Å². The fourth-order valence-corrected chi connectivity index (χ4v) is 8.37. The van der Waals surface area contributed by atoms with Gasteiger partial charge < -0.3 is 34.6 Å². The number of nitrogens with zero attached hydrogens (tertiary/aromatic N) is 6. The van der Waals surface area contributed by atoms with Gasteiger partial charge in [0.15, 0.2) is 11.2 Å². The van der Waals surface area contributed by atoms with Crippen LogP contribution in [-0.2, 0) is 16.1 Å². The van der Waals surface area contributed by atoms with Gasteiger partial charge in [0.05, 0.1) is 0 Å².